The molecule has 10 heteroatoms. The Bertz CT molecular complexity index is 531. The van der Waals surface area contributed by atoms with E-state index in [0.29, 0.717) is 12.8 Å². The lowest BCUT2D eigenvalue weighted by atomic mass is 9.99. The molecule has 0 aromatic carbocycles. The van der Waals surface area contributed by atoms with Crippen molar-refractivity contribution >= 4 is 35.5 Å². The van der Waals surface area contributed by atoms with E-state index in [-0.39, 0.29) is 5.92 Å². The van der Waals surface area contributed by atoms with Gasteiger partial charge in [0.15, 0.2) is 0 Å². The van der Waals surface area contributed by atoms with E-state index in [1.165, 1.54) is 13.8 Å². The van der Waals surface area contributed by atoms with Crippen molar-refractivity contribution in [3.63, 3.8) is 0 Å². The molecule has 3 amide bonds. The highest BCUT2D eigenvalue weighted by molar-refractivity contribution is 7.98. The van der Waals surface area contributed by atoms with Gasteiger partial charge >= 0.3 is 5.97 Å². The summed E-state index contributed by atoms with van der Waals surface area (Å²) in [6.07, 6.45) is 2.98. The Morgan fingerprint density at radius 1 is 0.963 bits per heavy atom. The molecule has 0 saturated carbocycles. The fourth-order valence-corrected chi connectivity index (χ4v) is 2.62. The van der Waals surface area contributed by atoms with E-state index in [9.17, 15) is 24.3 Å². The first-order chi connectivity index (χ1) is 12.5. The van der Waals surface area contributed by atoms with E-state index in [1.54, 1.807) is 18.7 Å². The monoisotopic (exact) mass is 404 g/mol. The van der Waals surface area contributed by atoms with Crippen LogP contribution >= 0.6 is 11.8 Å². The highest BCUT2D eigenvalue weighted by Crippen LogP contribution is 2.08. The molecule has 0 heterocycles. The average Bonchev–Trinajstić information content (AvgIpc) is 2.62. The molecule has 5 unspecified atom stereocenters. The molecule has 27 heavy (non-hydrogen) atoms. The number of aliphatic carboxylic acids is 1. The molecule has 0 fully saturated rings. The van der Waals surface area contributed by atoms with Crippen molar-refractivity contribution in [2.75, 3.05) is 12.0 Å². The number of carbonyl (C=O) groups excluding carboxylic acids is 3. The summed E-state index contributed by atoms with van der Waals surface area (Å²) in [7, 11) is 0. The molecule has 156 valence electrons. The van der Waals surface area contributed by atoms with Crippen LogP contribution in [0.2, 0.25) is 0 Å². The molecule has 0 aliphatic carbocycles. The summed E-state index contributed by atoms with van der Waals surface area (Å²) in [5.74, 6) is -2.25. The molecule has 0 spiro atoms. The summed E-state index contributed by atoms with van der Waals surface area (Å²) in [4.78, 5) is 47.6. The Morgan fingerprint density at radius 3 is 1.89 bits per heavy atom. The highest BCUT2D eigenvalue weighted by atomic mass is 32.2. The Kier molecular flexibility index (Phi) is 11.7. The maximum Gasteiger partial charge on any atom is 0.326 e. The molecule has 6 N–H and O–H groups in total. The van der Waals surface area contributed by atoms with Gasteiger partial charge in [-0.05, 0) is 38.2 Å². The molecule has 9 nitrogen and oxygen atoms in total. The van der Waals surface area contributed by atoms with Crippen LogP contribution in [0.4, 0.5) is 0 Å². The number of hydrogen-bond acceptors (Lipinski definition) is 6. The number of thioether (sulfide) groups is 1. The summed E-state index contributed by atoms with van der Waals surface area (Å²) in [5.41, 5.74) is 5.75. The maximum absolute atomic E-state index is 12.2. The third-order valence-corrected chi connectivity index (χ3v) is 4.89. The fraction of sp³-hybridized carbons (Fsp3) is 0.765. The quantitative estimate of drug-likeness (QED) is 0.299. The second-order valence-corrected chi connectivity index (χ2v) is 7.54. The minimum atomic E-state index is -1.13. The second kappa shape index (κ2) is 12.6. The number of hydrogen-bond donors (Lipinski definition) is 5. The van der Waals surface area contributed by atoms with Gasteiger partial charge in [0.05, 0.1) is 6.04 Å². The van der Waals surface area contributed by atoms with E-state index in [4.69, 9.17) is 5.73 Å². The predicted molar refractivity (Wildman–Crippen MR) is 105 cm³/mol. The molecule has 0 saturated heterocycles. The number of rotatable bonds is 12. The van der Waals surface area contributed by atoms with E-state index in [0.717, 1.165) is 5.75 Å². The van der Waals surface area contributed by atoms with Crippen molar-refractivity contribution < 1.29 is 24.3 Å². The molecular formula is C17H32N4O5S. The zero-order chi connectivity index (χ0) is 21.1. The Hall–Kier alpha value is -1.81. The van der Waals surface area contributed by atoms with Crippen LogP contribution in [0.25, 0.3) is 0 Å². The van der Waals surface area contributed by atoms with Gasteiger partial charge in [0.1, 0.15) is 18.1 Å². The predicted octanol–water partition coefficient (Wildman–Crippen LogP) is -0.308. The van der Waals surface area contributed by atoms with Gasteiger partial charge in [0, 0.05) is 0 Å². The third kappa shape index (κ3) is 9.09. The van der Waals surface area contributed by atoms with E-state index >= 15 is 0 Å². The number of nitrogens with two attached hydrogens (primary N) is 1. The topological polar surface area (TPSA) is 151 Å². The Balaban J connectivity index is 4.63. The van der Waals surface area contributed by atoms with Gasteiger partial charge < -0.3 is 26.8 Å². The summed E-state index contributed by atoms with van der Waals surface area (Å²) >= 11 is 1.57. The number of amides is 3. The summed E-state index contributed by atoms with van der Waals surface area (Å²) in [6, 6.07) is -3.57. The van der Waals surface area contributed by atoms with Crippen LogP contribution in [0, 0.1) is 5.92 Å². The summed E-state index contributed by atoms with van der Waals surface area (Å²) in [5, 5.41) is 16.6. The Labute approximate surface area is 164 Å². The number of carboxylic acids is 1. The van der Waals surface area contributed by atoms with Crippen molar-refractivity contribution in [3.05, 3.63) is 0 Å². The van der Waals surface area contributed by atoms with Gasteiger partial charge in [0.25, 0.3) is 0 Å². The average molecular weight is 405 g/mol. The van der Waals surface area contributed by atoms with Crippen LogP contribution in [-0.4, -0.2) is 65.0 Å². The molecule has 5 atom stereocenters. The third-order valence-electron chi connectivity index (χ3n) is 4.25. The maximum atomic E-state index is 12.2. The lowest BCUT2D eigenvalue weighted by Gasteiger charge is -2.23. The van der Waals surface area contributed by atoms with E-state index in [2.05, 4.69) is 16.0 Å². The van der Waals surface area contributed by atoms with Crippen molar-refractivity contribution in [2.24, 2.45) is 11.7 Å². The van der Waals surface area contributed by atoms with Crippen LogP contribution in [0.1, 0.15) is 40.5 Å². The van der Waals surface area contributed by atoms with Gasteiger partial charge in [-0.15, -0.1) is 0 Å². The standard InChI is InChI=1S/C17H32N4O5S/c1-6-9(2)13(17(25)26)21-15(23)11(4)19-14(22)10(3)20-16(24)12(18)7-8-27-5/h9-13H,6-8,18H2,1-5H3,(H,19,22)(H,20,24)(H,21,23)(H,25,26). The molecule has 0 radical (unpaired) electrons. The largest absolute Gasteiger partial charge is 0.480 e. The number of carboxylic acid groups (broad SMARTS) is 1. The van der Waals surface area contributed by atoms with Crippen molar-refractivity contribution in [3.8, 4) is 0 Å². The summed E-state index contributed by atoms with van der Waals surface area (Å²) < 4.78 is 0. The van der Waals surface area contributed by atoms with Gasteiger partial charge in [0.2, 0.25) is 17.7 Å². The van der Waals surface area contributed by atoms with E-state index in [1.807, 2.05) is 13.2 Å². The van der Waals surface area contributed by atoms with Gasteiger partial charge in [-0.3, -0.25) is 14.4 Å². The van der Waals surface area contributed by atoms with Crippen LogP contribution in [0.5, 0.6) is 0 Å². The number of nitrogens with one attached hydrogen (secondary N) is 3. The first-order valence-electron chi connectivity index (χ1n) is 8.93. The molecular weight excluding hydrogens is 372 g/mol. The van der Waals surface area contributed by atoms with Crippen LogP contribution in [0.15, 0.2) is 0 Å². The van der Waals surface area contributed by atoms with E-state index < -0.39 is 47.9 Å². The SMILES string of the molecule is CCC(C)C(NC(=O)C(C)NC(=O)C(C)NC(=O)C(N)CCSC)C(=O)O. The van der Waals surface area contributed by atoms with Gasteiger partial charge in [-0.25, -0.2) is 4.79 Å². The van der Waals surface area contributed by atoms with Gasteiger partial charge in [-0.2, -0.15) is 11.8 Å². The van der Waals surface area contributed by atoms with Crippen molar-refractivity contribution in [1.29, 1.82) is 0 Å². The number of carbonyl (C=O) groups is 4. The van der Waals surface area contributed by atoms with Gasteiger partial charge in [-0.1, -0.05) is 20.3 Å². The highest BCUT2D eigenvalue weighted by Gasteiger charge is 2.28. The van der Waals surface area contributed by atoms with Crippen molar-refractivity contribution in [1.82, 2.24) is 16.0 Å². The normalized spacial score (nSPS) is 16.4. The second-order valence-electron chi connectivity index (χ2n) is 6.56. The molecule has 0 aliphatic rings. The first kappa shape index (κ1) is 25.2. The zero-order valence-electron chi connectivity index (χ0n) is 16.6. The van der Waals surface area contributed by atoms with Crippen molar-refractivity contribution in [2.45, 2.75) is 64.7 Å². The first-order valence-corrected chi connectivity index (χ1v) is 10.3. The molecule has 0 aromatic rings. The molecule has 0 rings (SSSR count). The minimum Gasteiger partial charge on any atom is -0.480 e. The minimum absolute atomic E-state index is 0.254. The van der Waals surface area contributed by atoms with Crippen LogP contribution in [-0.2, 0) is 19.2 Å². The van der Waals surface area contributed by atoms with Crippen LogP contribution in [0.3, 0.4) is 0 Å². The Morgan fingerprint density at radius 2 is 1.44 bits per heavy atom. The zero-order valence-corrected chi connectivity index (χ0v) is 17.4. The fourth-order valence-electron chi connectivity index (χ4n) is 2.13. The summed E-state index contributed by atoms with van der Waals surface area (Å²) in [6.45, 7) is 6.48. The lowest BCUT2D eigenvalue weighted by Crippen LogP contribution is -2.56. The molecule has 0 aliphatic heterocycles. The molecule has 0 aromatic heterocycles. The lowest BCUT2D eigenvalue weighted by molar-refractivity contribution is -0.143. The molecule has 0 bridgehead atoms. The van der Waals surface area contributed by atoms with Crippen LogP contribution < -0.4 is 21.7 Å². The smallest absolute Gasteiger partial charge is 0.326 e.